The Morgan fingerprint density at radius 3 is 2.57 bits per heavy atom. The molecule has 4 nitrogen and oxygen atoms in total. The Balaban J connectivity index is 2.01. The number of rotatable bonds is 5. The van der Waals surface area contributed by atoms with Crippen molar-refractivity contribution in [2.45, 2.75) is 11.9 Å². The van der Waals surface area contributed by atoms with Crippen molar-refractivity contribution in [1.29, 1.82) is 0 Å². The van der Waals surface area contributed by atoms with E-state index in [1.54, 1.807) is 30.5 Å². The van der Waals surface area contributed by atoms with Gasteiger partial charge in [-0.25, -0.2) is 9.78 Å². The molecule has 1 aromatic carbocycles. The Labute approximate surface area is 127 Å². The summed E-state index contributed by atoms with van der Waals surface area (Å²) in [4.78, 5) is 28.0. The highest BCUT2D eigenvalue weighted by molar-refractivity contribution is 7.98. The Kier molecular flexibility index (Phi) is 5.11. The van der Waals surface area contributed by atoms with Crippen LogP contribution in [0, 0.1) is 6.92 Å². The number of carbonyl (C=O) groups excluding carboxylic acids is 2. The zero-order chi connectivity index (χ0) is 15.2. The molecule has 0 aliphatic carbocycles. The molecular weight excluding hydrogens is 286 g/mol. The van der Waals surface area contributed by atoms with Crippen LogP contribution in [0.15, 0.2) is 47.6 Å². The third kappa shape index (κ3) is 3.92. The first-order chi connectivity index (χ1) is 10.1. The van der Waals surface area contributed by atoms with Crippen LogP contribution in [0.5, 0.6) is 0 Å². The van der Waals surface area contributed by atoms with Gasteiger partial charge >= 0.3 is 5.97 Å². The molecule has 1 aromatic heterocycles. The van der Waals surface area contributed by atoms with Crippen molar-refractivity contribution in [2.75, 3.05) is 12.9 Å². The summed E-state index contributed by atoms with van der Waals surface area (Å²) in [5.74, 6) is -0.758. The van der Waals surface area contributed by atoms with Gasteiger partial charge in [0, 0.05) is 11.8 Å². The lowest BCUT2D eigenvalue weighted by molar-refractivity contribution is 0.0470. The molecule has 21 heavy (non-hydrogen) atoms. The SMILES string of the molecule is CSc1ncccc1C(=O)OCC(=O)c1ccc(C)cc1. The Bertz CT molecular complexity index is 653. The Hall–Kier alpha value is -2.14. The number of ether oxygens (including phenoxy) is 1. The average molecular weight is 301 g/mol. The maximum Gasteiger partial charge on any atom is 0.341 e. The quantitative estimate of drug-likeness (QED) is 0.482. The second-order valence-corrected chi connectivity index (χ2v) is 5.22. The van der Waals surface area contributed by atoms with E-state index in [-0.39, 0.29) is 12.4 Å². The van der Waals surface area contributed by atoms with Crippen LogP contribution in [-0.4, -0.2) is 29.6 Å². The van der Waals surface area contributed by atoms with Gasteiger partial charge in [0.2, 0.25) is 0 Å². The lowest BCUT2D eigenvalue weighted by atomic mass is 10.1. The highest BCUT2D eigenvalue weighted by atomic mass is 32.2. The highest BCUT2D eigenvalue weighted by Gasteiger charge is 2.15. The van der Waals surface area contributed by atoms with Crippen molar-refractivity contribution >= 4 is 23.5 Å². The van der Waals surface area contributed by atoms with Crippen molar-refractivity contribution in [2.24, 2.45) is 0 Å². The average Bonchev–Trinajstić information content (AvgIpc) is 2.52. The summed E-state index contributed by atoms with van der Waals surface area (Å²) in [5, 5.41) is 0.588. The molecule has 0 fully saturated rings. The highest BCUT2D eigenvalue weighted by Crippen LogP contribution is 2.17. The first-order valence-corrected chi connectivity index (χ1v) is 7.60. The summed E-state index contributed by atoms with van der Waals surface area (Å²) < 4.78 is 5.08. The largest absolute Gasteiger partial charge is 0.454 e. The zero-order valence-electron chi connectivity index (χ0n) is 11.8. The normalized spacial score (nSPS) is 10.2. The number of Topliss-reactive ketones (excluding diaryl/α,β-unsaturated/α-hetero) is 1. The molecule has 0 aliphatic rings. The molecule has 5 heteroatoms. The second-order valence-electron chi connectivity index (χ2n) is 4.43. The number of aromatic nitrogens is 1. The second kappa shape index (κ2) is 7.04. The molecule has 2 rings (SSSR count). The number of hydrogen-bond donors (Lipinski definition) is 0. The molecule has 0 saturated heterocycles. The van der Waals surface area contributed by atoms with Gasteiger partial charge in [-0.15, -0.1) is 11.8 Å². The maximum atomic E-state index is 12.0. The van der Waals surface area contributed by atoms with Crippen LogP contribution in [0.3, 0.4) is 0 Å². The lowest BCUT2D eigenvalue weighted by Crippen LogP contribution is -2.15. The smallest absolute Gasteiger partial charge is 0.341 e. The fourth-order valence-corrected chi connectivity index (χ4v) is 2.28. The number of pyridine rings is 1. The van der Waals surface area contributed by atoms with Gasteiger partial charge in [0.1, 0.15) is 5.03 Å². The van der Waals surface area contributed by atoms with E-state index in [2.05, 4.69) is 4.98 Å². The van der Waals surface area contributed by atoms with E-state index >= 15 is 0 Å². The predicted octanol–water partition coefficient (Wildman–Crippen LogP) is 3.15. The van der Waals surface area contributed by atoms with Gasteiger partial charge in [0.05, 0.1) is 5.56 Å². The third-order valence-corrected chi connectivity index (χ3v) is 3.60. The number of benzene rings is 1. The van der Waals surface area contributed by atoms with E-state index < -0.39 is 5.97 Å². The third-order valence-electron chi connectivity index (χ3n) is 2.89. The number of esters is 1. The van der Waals surface area contributed by atoms with Crippen LogP contribution in [0.2, 0.25) is 0 Å². The van der Waals surface area contributed by atoms with E-state index in [1.165, 1.54) is 11.8 Å². The van der Waals surface area contributed by atoms with Crippen molar-refractivity contribution in [3.05, 3.63) is 59.3 Å². The van der Waals surface area contributed by atoms with Crippen molar-refractivity contribution < 1.29 is 14.3 Å². The fourth-order valence-electron chi connectivity index (χ4n) is 1.74. The van der Waals surface area contributed by atoms with Gasteiger partial charge in [-0.3, -0.25) is 4.79 Å². The van der Waals surface area contributed by atoms with Gasteiger partial charge < -0.3 is 4.74 Å². The van der Waals surface area contributed by atoms with Crippen LogP contribution in [-0.2, 0) is 4.74 Å². The molecule has 0 radical (unpaired) electrons. The molecule has 0 unspecified atom stereocenters. The summed E-state index contributed by atoms with van der Waals surface area (Å²) in [7, 11) is 0. The van der Waals surface area contributed by atoms with Crippen LogP contribution < -0.4 is 0 Å². The number of aryl methyl sites for hydroxylation is 1. The molecule has 0 N–H and O–H groups in total. The molecular formula is C16H15NO3S. The summed E-state index contributed by atoms with van der Waals surface area (Å²) in [6, 6.07) is 10.4. The van der Waals surface area contributed by atoms with Crippen LogP contribution in [0.25, 0.3) is 0 Å². The molecule has 0 aliphatic heterocycles. The van der Waals surface area contributed by atoms with Gasteiger partial charge in [0.15, 0.2) is 12.4 Å². The molecule has 0 amide bonds. The monoisotopic (exact) mass is 301 g/mol. The molecule has 0 spiro atoms. The first-order valence-electron chi connectivity index (χ1n) is 6.38. The van der Waals surface area contributed by atoms with Crippen molar-refractivity contribution in [1.82, 2.24) is 4.98 Å². The summed E-state index contributed by atoms with van der Waals surface area (Å²) in [6.45, 7) is 1.67. The molecule has 0 bridgehead atoms. The minimum atomic E-state index is -0.534. The van der Waals surface area contributed by atoms with E-state index in [4.69, 9.17) is 4.74 Å². The summed E-state index contributed by atoms with van der Waals surface area (Å²) in [6.07, 6.45) is 3.44. The standard InChI is InChI=1S/C16H15NO3S/c1-11-5-7-12(8-6-11)14(18)10-20-16(19)13-4-3-9-17-15(13)21-2/h3-9H,10H2,1-2H3. The summed E-state index contributed by atoms with van der Waals surface area (Å²) >= 11 is 1.36. The number of thioether (sulfide) groups is 1. The van der Waals surface area contributed by atoms with Gasteiger partial charge in [0.25, 0.3) is 0 Å². The number of nitrogens with zero attached hydrogens (tertiary/aromatic N) is 1. The number of carbonyl (C=O) groups is 2. The molecule has 1 heterocycles. The van der Waals surface area contributed by atoms with E-state index in [0.29, 0.717) is 16.2 Å². The van der Waals surface area contributed by atoms with Gasteiger partial charge in [-0.2, -0.15) is 0 Å². The van der Waals surface area contributed by atoms with Crippen LogP contribution in [0.1, 0.15) is 26.3 Å². The van der Waals surface area contributed by atoms with Crippen molar-refractivity contribution in [3.8, 4) is 0 Å². The molecule has 108 valence electrons. The van der Waals surface area contributed by atoms with E-state index in [0.717, 1.165) is 5.56 Å². The van der Waals surface area contributed by atoms with Crippen LogP contribution >= 0.6 is 11.8 Å². The zero-order valence-corrected chi connectivity index (χ0v) is 12.6. The fraction of sp³-hybridized carbons (Fsp3) is 0.188. The minimum Gasteiger partial charge on any atom is -0.454 e. The first kappa shape index (κ1) is 15.3. The number of ketones is 1. The molecule has 2 aromatic rings. The van der Waals surface area contributed by atoms with Crippen LogP contribution in [0.4, 0.5) is 0 Å². The molecule has 0 saturated carbocycles. The van der Waals surface area contributed by atoms with Crippen molar-refractivity contribution in [3.63, 3.8) is 0 Å². The predicted molar refractivity (Wildman–Crippen MR) is 81.8 cm³/mol. The van der Waals surface area contributed by atoms with E-state index in [1.807, 2.05) is 25.3 Å². The van der Waals surface area contributed by atoms with E-state index in [9.17, 15) is 9.59 Å². The Morgan fingerprint density at radius 1 is 1.19 bits per heavy atom. The maximum absolute atomic E-state index is 12.0. The minimum absolute atomic E-state index is 0.224. The topological polar surface area (TPSA) is 56.3 Å². The number of hydrogen-bond acceptors (Lipinski definition) is 5. The summed E-state index contributed by atoms with van der Waals surface area (Å²) in [5.41, 5.74) is 1.98. The van der Waals surface area contributed by atoms with Gasteiger partial charge in [-0.1, -0.05) is 29.8 Å². The molecule has 0 atom stereocenters. The Morgan fingerprint density at radius 2 is 1.90 bits per heavy atom. The van der Waals surface area contributed by atoms with Gasteiger partial charge in [-0.05, 0) is 25.3 Å². The lowest BCUT2D eigenvalue weighted by Gasteiger charge is -2.07.